The zero-order valence-corrected chi connectivity index (χ0v) is 15.0. The molecule has 4 nitrogen and oxygen atoms in total. The Balaban J connectivity index is 2.40. The van der Waals surface area contributed by atoms with Crippen molar-refractivity contribution in [2.75, 3.05) is 12.4 Å². The molecule has 6 heteroatoms. The molecular formula is C17H21FN2O2Si. The first-order chi connectivity index (χ1) is 10.7. The number of methoxy groups -OCH3 is 1. The second-order valence-corrected chi connectivity index (χ2v) is 11.5. The summed E-state index contributed by atoms with van der Waals surface area (Å²) in [7, 11) is -0.280. The molecule has 1 N–H and O–H groups in total. The van der Waals surface area contributed by atoms with Crippen molar-refractivity contribution in [2.24, 2.45) is 0 Å². The number of pyridine rings is 1. The fraction of sp³-hybridized carbons (Fsp3) is 0.294. The highest BCUT2D eigenvalue weighted by Gasteiger charge is 2.19. The number of nitrogens with one attached hydrogen (secondary N) is 1. The quantitative estimate of drug-likeness (QED) is 0.686. The smallest absolute Gasteiger partial charge is 0.341 e. The van der Waals surface area contributed by atoms with E-state index in [-0.39, 0.29) is 22.9 Å². The summed E-state index contributed by atoms with van der Waals surface area (Å²) < 4.78 is 19.1. The molecule has 1 aromatic carbocycles. The lowest BCUT2D eigenvalue weighted by Crippen LogP contribution is -2.37. The van der Waals surface area contributed by atoms with Crippen molar-refractivity contribution in [3.63, 3.8) is 0 Å². The van der Waals surface area contributed by atoms with E-state index < -0.39 is 14.0 Å². The van der Waals surface area contributed by atoms with Crippen LogP contribution in [0, 0.1) is 12.7 Å². The molecule has 23 heavy (non-hydrogen) atoms. The van der Waals surface area contributed by atoms with Gasteiger partial charge in [-0.15, -0.1) is 0 Å². The van der Waals surface area contributed by atoms with Gasteiger partial charge in [0.2, 0.25) is 0 Å². The van der Waals surface area contributed by atoms with Gasteiger partial charge in [-0.3, -0.25) is 0 Å². The van der Waals surface area contributed by atoms with Crippen LogP contribution in [0.1, 0.15) is 16.1 Å². The van der Waals surface area contributed by atoms with Crippen LogP contribution in [0.15, 0.2) is 30.3 Å². The summed E-state index contributed by atoms with van der Waals surface area (Å²) in [6.45, 7) is 8.28. The van der Waals surface area contributed by atoms with E-state index in [2.05, 4.69) is 29.9 Å². The molecule has 0 unspecified atom stereocenters. The number of benzene rings is 1. The Morgan fingerprint density at radius 3 is 2.48 bits per heavy atom. The van der Waals surface area contributed by atoms with E-state index in [0.717, 1.165) is 10.9 Å². The van der Waals surface area contributed by atoms with Gasteiger partial charge < -0.3 is 10.1 Å². The molecule has 122 valence electrons. The molecule has 0 aliphatic rings. The van der Waals surface area contributed by atoms with Crippen LogP contribution in [0.25, 0.3) is 0 Å². The van der Waals surface area contributed by atoms with Crippen molar-refractivity contribution in [3.05, 3.63) is 47.4 Å². The Bertz CT molecular complexity index is 742. The summed E-state index contributed by atoms with van der Waals surface area (Å²) in [5.74, 6) is -0.584. The van der Waals surface area contributed by atoms with Crippen LogP contribution in [-0.4, -0.2) is 26.1 Å². The van der Waals surface area contributed by atoms with Crippen LogP contribution < -0.4 is 10.5 Å². The predicted octanol–water partition coefficient (Wildman–Crippen LogP) is 3.60. The maximum Gasteiger partial charge on any atom is 0.341 e. The molecule has 0 fully saturated rings. The molecule has 1 aromatic heterocycles. The minimum atomic E-state index is -1.58. The number of hydrogen-bond donors (Lipinski definition) is 1. The predicted molar refractivity (Wildman–Crippen MR) is 93.0 cm³/mol. The highest BCUT2D eigenvalue weighted by Crippen LogP contribution is 2.22. The van der Waals surface area contributed by atoms with Crippen LogP contribution in [0.3, 0.4) is 0 Å². The molecule has 0 radical (unpaired) electrons. The van der Waals surface area contributed by atoms with E-state index in [4.69, 9.17) is 4.74 Å². The van der Waals surface area contributed by atoms with Gasteiger partial charge in [-0.2, -0.15) is 0 Å². The highest BCUT2D eigenvalue weighted by molar-refractivity contribution is 6.88. The summed E-state index contributed by atoms with van der Waals surface area (Å²) in [6, 6.07) is 8.49. The lowest BCUT2D eigenvalue weighted by Gasteiger charge is -2.18. The van der Waals surface area contributed by atoms with Gasteiger partial charge in [-0.05, 0) is 31.2 Å². The van der Waals surface area contributed by atoms with E-state index in [1.807, 2.05) is 6.07 Å². The molecule has 0 atom stereocenters. The summed E-state index contributed by atoms with van der Waals surface area (Å²) in [6.07, 6.45) is 0. The molecule has 1 heterocycles. The van der Waals surface area contributed by atoms with Crippen LogP contribution in [0.5, 0.6) is 0 Å². The van der Waals surface area contributed by atoms with Crippen LogP contribution in [0.4, 0.5) is 15.9 Å². The Hall–Kier alpha value is -2.21. The van der Waals surface area contributed by atoms with E-state index >= 15 is 0 Å². The number of esters is 1. The van der Waals surface area contributed by atoms with Gasteiger partial charge in [-0.1, -0.05) is 30.9 Å². The monoisotopic (exact) mass is 332 g/mol. The SMILES string of the molecule is COC(=O)c1ccc(C)nc1Nc1ccc([Si](C)(C)C)cc1F. The van der Waals surface area contributed by atoms with Crippen LogP contribution >= 0.6 is 0 Å². The van der Waals surface area contributed by atoms with Crippen molar-refractivity contribution in [3.8, 4) is 0 Å². The number of aryl methyl sites for hydroxylation is 1. The fourth-order valence-electron chi connectivity index (χ4n) is 2.14. The fourth-order valence-corrected chi connectivity index (χ4v) is 3.28. The van der Waals surface area contributed by atoms with E-state index in [9.17, 15) is 9.18 Å². The average Bonchev–Trinajstić information content (AvgIpc) is 2.47. The van der Waals surface area contributed by atoms with Crippen molar-refractivity contribution >= 4 is 30.7 Å². The van der Waals surface area contributed by atoms with Crippen molar-refractivity contribution in [2.45, 2.75) is 26.6 Å². The molecule has 0 spiro atoms. The van der Waals surface area contributed by atoms with Gasteiger partial charge in [0.15, 0.2) is 0 Å². The number of aromatic nitrogens is 1. The minimum absolute atomic E-state index is 0.270. The molecule has 0 aliphatic heterocycles. The summed E-state index contributed by atoms with van der Waals surface area (Å²) >= 11 is 0. The number of nitrogens with zero attached hydrogens (tertiary/aromatic N) is 1. The third-order valence-corrected chi connectivity index (χ3v) is 5.57. The largest absolute Gasteiger partial charge is 0.465 e. The van der Waals surface area contributed by atoms with E-state index in [0.29, 0.717) is 0 Å². The highest BCUT2D eigenvalue weighted by atomic mass is 28.3. The Morgan fingerprint density at radius 2 is 1.91 bits per heavy atom. The summed E-state index contributed by atoms with van der Waals surface area (Å²) in [5, 5.41) is 3.94. The maximum absolute atomic E-state index is 14.4. The standard InChI is InChI=1S/C17H21FN2O2Si/c1-11-6-8-13(17(21)22-2)16(19-11)20-15-9-7-12(10-14(15)18)23(3,4)5/h6-10H,1-5H3,(H,19,20). The molecule has 0 amide bonds. The number of anilines is 2. The van der Waals surface area contributed by atoms with Crippen LogP contribution in [0.2, 0.25) is 19.6 Å². The summed E-state index contributed by atoms with van der Waals surface area (Å²) in [5.41, 5.74) is 1.28. The summed E-state index contributed by atoms with van der Waals surface area (Å²) in [4.78, 5) is 16.1. The van der Waals surface area contributed by atoms with Crippen molar-refractivity contribution in [1.29, 1.82) is 0 Å². The number of rotatable bonds is 4. The van der Waals surface area contributed by atoms with Gasteiger partial charge in [0.1, 0.15) is 17.2 Å². The Kier molecular flexibility index (Phi) is 4.84. The number of carbonyl (C=O) groups is 1. The second kappa shape index (κ2) is 6.50. The van der Waals surface area contributed by atoms with Gasteiger partial charge in [0.25, 0.3) is 0 Å². The lowest BCUT2D eigenvalue weighted by atomic mass is 10.2. The maximum atomic E-state index is 14.4. The normalized spacial score (nSPS) is 11.2. The second-order valence-electron chi connectivity index (χ2n) is 6.41. The zero-order valence-electron chi connectivity index (χ0n) is 14.0. The number of hydrogen-bond acceptors (Lipinski definition) is 4. The molecule has 0 saturated carbocycles. The third kappa shape index (κ3) is 3.95. The number of carbonyl (C=O) groups excluding carboxylic acids is 1. The third-order valence-electron chi connectivity index (χ3n) is 3.53. The van der Waals surface area contributed by atoms with Gasteiger partial charge in [-0.25, -0.2) is 14.2 Å². The van der Waals surface area contributed by atoms with Crippen LogP contribution in [-0.2, 0) is 4.74 Å². The van der Waals surface area contributed by atoms with Gasteiger partial charge >= 0.3 is 5.97 Å². The van der Waals surface area contributed by atoms with Gasteiger partial charge in [0, 0.05) is 5.69 Å². The molecule has 2 rings (SSSR count). The number of ether oxygens (including phenoxy) is 1. The Morgan fingerprint density at radius 1 is 1.22 bits per heavy atom. The lowest BCUT2D eigenvalue weighted by molar-refractivity contribution is 0.0601. The molecule has 2 aromatic rings. The minimum Gasteiger partial charge on any atom is -0.465 e. The first-order valence-corrected chi connectivity index (χ1v) is 10.9. The molecular weight excluding hydrogens is 311 g/mol. The van der Waals surface area contributed by atoms with E-state index in [1.54, 1.807) is 31.2 Å². The molecule has 0 bridgehead atoms. The van der Waals surface area contributed by atoms with Crippen molar-refractivity contribution < 1.29 is 13.9 Å². The van der Waals surface area contributed by atoms with Crippen molar-refractivity contribution in [1.82, 2.24) is 4.98 Å². The Labute approximate surface area is 136 Å². The van der Waals surface area contributed by atoms with E-state index in [1.165, 1.54) is 7.11 Å². The first kappa shape index (κ1) is 17.1. The molecule has 0 aliphatic carbocycles. The molecule has 0 saturated heterocycles. The topological polar surface area (TPSA) is 51.2 Å². The number of halogens is 1. The zero-order chi connectivity index (χ0) is 17.2. The average molecular weight is 332 g/mol. The first-order valence-electron chi connectivity index (χ1n) is 7.35. The van der Waals surface area contributed by atoms with Gasteiger partial charge in [0.05, 0.1) is 20.9 Å².